The van der Waals surface area contributed by atoms with Crippen LogP contribution in [-0.4, -0.2) is 24.3 Å². The minimum absolute atomic E-state index is 0.0541. The van der Waals surface area contributed by atoms with E-state index in [1.807, 2.05) is 30.3 Å². The van der Waals surface area contributed by atoms with Crippen LogP contribution in [0.3, 0.4) is 0 Å². The van der Waals surface area contributed by atoms with Crippen molar-refractivity contribution in [1.82, 2.24) is 9.78 Å². The van der Waals surface area contributed by atoms with E-state index in [9.17, 15) is 8.42 Å². The molecule has 2 atom stereocenters. The fraction of sp³-hybridized carbons (Fsp3) is 0.357. The minimum atomic E-state index is -3.75. The van der Waals surface area contributed by atoms with Crippen molar-refractivity contribution in [3.05, 3.63) is 48.2 Å². The van der Waals surface area contributed by atoms with E-state index >= 15 is 0 Å². The number of sulfonamides is 1. The molecule has 1 aromatic heterocycles. The Bertz CT molecular complexity index is 712. The summed E-state index contributed by atoms with van der Waals surface area (Å²) in [5, 5.41) is 9.00. The first kappa shape index (κ1) is 14.2. The third-order valence-corrected chi connectivity index (χ3v) is 4.50. The first-order valence-corrected chi connectivity index (χ1v) is 8.32. The molecule has 7 heteroatoms. The van der Waals surface area contributed by atoms with Crippen LogP contribution in [0.2, 0.25) is 0 Å². The first-order valence-electron chi connectivity index (χ1n) is 6.77. The zero-order chi connectivity index (χ0) is 14.9. The van der Waals surface area contributed by atoms with Gasteiger partial charge >= 0.3 is 0 Å². The molecule has 0 bridgehead atoms. The highest BCUT2D eigenvalue weighted by Gasteiger charge is 2.34. The molecule has 1 heterocycles. The molecular formula is C14H17N3O3S. The summed E-state index contributed by atoms with van der Waals surface area (Å²) >= 11 is 0. The molecule has 2 aromatic rings. The molecule has 2 N–H and O–H groups in total. The number of hydrogen-bond acceptors (Lipinski definition) is 4. The lowest BCUT2D eigenvalue weighted by atomic mass is 9.89. The quantitative estimate of drug-likeness (QED) is 0.905. The normalized spacial score (nSPS) is 22.0. The number of ether oxygens (including phenoxy) is 1. The van der Waals surface area contributed by atoms with E-state index in [2.05, 4.69) is 5.10 Å². The van der Waals surface area contributed by atoms with Crippen molar-refractivity contribution in [1.29, 1.82) is 0 Å². The van der Waals surface area contributed by atoms with Crippen molar-refractivity contribution >= 4 is 10.0 Å². The van der Waals surface area contributed by atoms with Gasteiger partial charge in [-0.2, -0.15) is 5.10 Å². The standard InChI is InChI=1S/C14H17N3O3S/c15-21(18,19)14-8-9-17(16-14)12-6-7-13(12)20-10-11-4-2-1-3-5-11/h1-5,8-9,12-13H,6-7,10H2,(H2,15,18,19)/t12-,13+/m1/s1. The zero-order valence-electron chi connectivity index (χ0n) is 11.4. The van der Waals surface area contributed by atoms with Crippen molar-refractivity contribution in [2.24, 2.45) is 5.14 Å². The van der Waals surface area contributed by atoms with Gasteiger partial charge in [0.2, 0.25) is 0 Å². The second-order valence-corrected chi connectivity index (χ2v) is 6.67. The van der Waals surface area contributed by atoms with Crippen LogP contribution in [0.4, 0.5) is 0 Å². The molecule has 1 fully saturated rings. The number of aromatic nitrogens is 2. The zero-order valence-corrected chi connectivity index (χ0v) is 12.2. The molecule has 3 rings (SSSR count). The second kappa shape index (κ2) is 5.59. The molecule has 0 unspecified atom stereocenters. The highest BCUT2D eigenvalue weighted by molar-refractivity contribution is 7.89. The Morgan fingerprint density at radius 1 is 1.24 bits per heavy atom. The summed E-state index contributed by atoms with van der Waals surface area (Å²) in [6.07, 6.45) is 3.56. The number of hydrogen-bond donors (Lipinski definition) is 1. The van der Waals surface area contributed by atoms with Gasteiger partial charge in [-0.1, -0.05) is 30.3 Å². The van der Waals surface area contributed by atoms with Gasteiger partial charge in [0.1, 0.15) is 0 Å². The van der Waals surface area contributed by atoms with E-state index in [1.165, 1.54) is 6.07 Å². The molecule has 0 radical (unpaired) electrons. The maximum atomic E-state index is 11.2. The first-order chi connectivity index (χ1) is 10.0. The molecule has 112 valence electrons. The number of nitrogens with zero attached hydrogens (tertiary/aromatic N) is 2. The minimum Gasteiger partial charge on any atom is -0.371 e. The molecule has 6 nitrogen and oxygen atoms in total. The predicted molar refractivity (Wildman–Crippen MR) is 76.9 cm³/mol. The van der Waals surface area contributed by atoms with Gasteiger partial charge in [-0.25, -0.2) is 13.6 Å². The summed E-state index contributed by atoms with van der Waals surface area (Å²) in [6.45, 7) is 0.547. The Kier molecular flexibility index (Phi) is 3.79. The molecular weight excluding hydrogens is 290 g/mol. The second-order valence-electron chi connectivity index (χ2n) is 5.16. The van der Waals surface area contributed by atoms with E-state index in [0.29, 0.717) is 6.61 Å². The van der Waals surface area contributed by atoms with Gasteiger partial charge in [-0.3, -0.25) is 4.68 Å². The summed E-state index contributed by atoms with van der Waals surface area (Å²) < 4.78 is 30.0. The van der Waals surface area contributed by atoms with Crippen molar-refractivity contribution in [2.45, 2.75) is 36.6 Å². The van der Waals surface area contributed by atoms with E-state index in [1.54, 1.807) is 10.9 Å². The van der Waals surface area contributed by atoms with E-state index in [0.717, 1.165) is 18.4 Å². The van der Waals surface area contributed by atoms with Gasteiger partial charge in [0.05, 0.1) is 18.8 Å². The molecule has 1 aliphatic carbocycles. The maximum Gasteiger partial charge on any atom is 0.257 e. The van der Waals surface area contributed by atoms with Crippen molar-refractivity contribution < 1.29 is 13.2 Å². The topological polar surface area (TPSA) is 87.2 Å². The van der Waals surface area contributed by atoms with Crippen LogP contribution in [0, 0.1) is 0 Å². The van der Waals surface area contributed by atoms with Crippen LogP contribution < -0.4 is 5.14 Å². The molecule has 1 saturated carbocycles. The molecule has 21 heavy (non-hydrogen) atoms. The van der Waals surface area contributed by atoms with E-state index < -0.39 is 10.0 Å². The third-order valence-electron chi connectivity index (χ3n) is 3.70. The average Bonchev–Trinajstić information content (AvgIpc) is 2.88. The van der Waals surface area contributed by atoms with Gasteiger partial charge in [-0.15, -0.1) is 0 Å². The predicted octanol–water partition coefficient (Wildman–Crippen LogP) is 1.45. The number of nitrogens with two attached hydrogens (primary N) is 1. The van der Waals surface area contributed by atoms with Crippen molar-refractivity contribution in [2.75, 3.05) is 0 Å². The lowest BCUT2D eigenvalue weighted by Crippen LogP contribution is -2.36. The molecule has 0 spiro atoms. The Balaban J connectivity index is 1.63. The monoisotopic (exact) mass is 307 g/mol. The van der Waals surface area contributed by atoms with Gasteiger partial charge in [0.25, 0.3) is 10.0 Å². The van der Waals surface area contributed by atoms with Gasteiger partial charge in [0.15, 0.2) is 5.03 Å². The fourth-order valence-corrected chi connectivity index (χ4v) is 2.84. The smallest absolute Gasteiger partial charge is 0.257 e. The molecule has 0 aliphatic heterocycles. The lowest BCUT2D eigenvalue weighted by Gasteiger charge is -2.36. The summed E-state index contributed by atoms with van der Waals surface area (Å²) in [5.41, 5.74) is 1.12. The number of primary sulfonamides is 1. The number of benzene rings is 1. The van der Waals surface area contributed by atoms with Crippen LogP contribution in [0.15, 0.2) is 47.6 Å². The van der Waals surface area contributed by atoms with Gasteiger partial charge < -0.3 is 4.74 Å². The molecule has 1 aromatic carbocycles. The highest BCUT2D eigenvalue weighted by atomic mass is 32.2. The van der Waals surface area contributed by atoms with Crippen LogP contribution in [-0.2, 0) is 21.4 Å². The van der Waals surface area contributed by atoms with Gasteiger partial charge in [-0.05, 0) is 24.5 Å². The summed E-state index contributed by atoms with van der Waals surface area (Å²) in [5.74, 6) is 0. The SMILES string of the molecule is NS(=O)(=O)c1ccn([C@@H]2CC[C@@H]2OCc2ccccc2)n1. The van der Waals surface area contributed by atoms with Crippen molar-refractivity contribution in [3.63, 3.8) is 0 Å². The van der Waals surface area contributed by atoms with Gasteiger partial charge in [0, 0.05) is 6.20 Å². The maximum absolute atomic E-state index is 11.2. The Labute approximate surface area is 123 Å². The molecule has 0 amide bonds. The van der Waals surface area contributed by atoms with E-state index in [4.69, 9.17) is 9.88 Å². The summed E-state index contributed by atoms with van der Waals surface area (Å²) in [4.78, 5) is 0. The lowest BCUT2D eigenvalue weighted by molar-refractivity contribution is -0.0533. The van der Waals surface area contributed by atoms with Crippen LogP contribution in [0.5, 0.6) is 0 Å². The van der Waals surface area contributed by atoms with Crippen LogP contribution in [0.25, 0.3) is 0 Å². The summed E-state index contributed by atoms with van der Waals surface area (Å²) in [7, 11) is -3.75. The van der Waals surface area contributed by atoms with Crippen LogP contribution in [0.1, 0.15) is 24.4 Å². The Morgan fingerprint density at radius 3 is 2.57 bits per heavy atom. The van der Waals surface area contributed by atoms with Crippen LogP contribution >= 0.6 is 0 Å². The highest BCUT2D eigenvalue weighted by Crippen LogP contribution is 2.35. The fourth-order valence-electron chi connectivity index (χ4n) is 2.38. The molecule has 1 aliphatic rings. The molecule has 0 saturated heterocycles. The largest absolute Gasteiger partial charge is 0.371 e. The van der Waals surface area contributed by atoms with Crippen molar-refractivity contribution in [3.8, 4) is 0 Å². The Morgan fingerprint density at radius 2 is 2.00 bits per heavy atom. The number of rotatable bonds is 5. The van der Waals surface area contributed by atoms with E-state index in [-0.39, 0.29) is 17.2 Å². The Hall–Kier alpha value is -1.70. The summed E-state index contributed by atoms with van der Waals surface area (Å²) in [6, 6.07) is 11.4. The third kappa shape index (κ3) is 3.15. The average molecular weight is 307 g/mol.